The van der Waals surface area contributed by atoms with Crippen molar-refractivity contribution in [1.29, 1.82) is 0 Å². The van der Waals surface area contributed by atoms with Crippen LogP contribution in [0.2, 0.25) is 0 Å². The van der Waals surface area contributed by atoms with Crippen LogP contribution >= 0.6 is 15.9 Å². The molecule has 0 aliphatic carbocycles. The molecule has 0 saturated carbocycles. The zero-order chi connectivity index (χ0) is 13.8. The second-order valence-electron chi connectivity index (χ2n) is 4.71. The van der Waals surface area contributed by atoms with Crippen molar-refractivity contribution in [3.63, 3.8) is 0 Å². The zero-order valence-electron chi connectivity index (χ0n) is 11.1. The lowest BCUT2D eigenvalue weighted by molar-refractivity contribution is 0.0940. The van der Waals surface area contributed by atoms with Crippen molar-refractivity contribution in [2.75, 3.05) is 0 Å². The van der Waals surface area contributed by atoms with E-state index in [1.807, 2.05) is 47.2 Å². The summed E-state index contributed by atoms with van der Waals surface area (Å²) in [5.74, 6) is -0.0525. The van der Waals surface area contributed by atoms with Crippen LogP contribution in [0, 0.1) is 0 Å². The van der Waals surface area contributed by atoms with Crippen molar-refractivity contribution < 1.29 is 4.79 Å². The molecule has 4 heteroatoms. The first-order valence-corrected chi connectivity index (χ1v) is 7.06. The number of halogens is 1. The highest BCUT2D eigenvalue weighted by atomic mass is 79.9. The average molecular weight is 321 g/mol. The summed E-state index contributed by atoms with van der Waals surface area (Å²) in [6.07, 6.45) is 1.93. The SMILES string of the molecule is CC(C)n1cc(Br)cc1C(=O)NCc1ccccc1. The number of benzene rings is 1. The summed E-state index contributed by atoms with van der Waals surface area (Å²) in [5, 5.41) is 2.94. The molecule has 0 bridgehead atoms. The highest BCUT2D eigenvalue weighted by molar-refractivity contribution is 9.10. The smallest absolute Gasteiger partial charge is 0.268 e. The molecule has 0 aliphatic rings. The van der Waals surface area contributed by atoms with Crippen LogP contribution in [0.5, 0.6) is 0 Å². The number of carbonyl (C=O) groups excluding carboxylic acids is 1. The number of nitrogens with zero attached hydrogens (tertiary/aromatic N) is 1. The largest absolute Gasteiger partial charge is 0.347 e. The number of carbonyl (C=O) groups is 1. The van der Waals surface area contributed by atoms with Gasteiger partial charge in [-0.15, -0.1) is 0 Å². The Morgan fingerprint density at radius 3 is 2.63 bits per heavy atom. The van der Waals surface area contributed by atoms with E-state index in [4.69, 9.17) is 0 Å². The van der Waals surface area contributed by atoms with Crippen LogP contribution < -0.4 is 5.32 Å². The average Bonchev–Trinajstić information content (AvgIpc) is 2.79. The van der Waals surface area contributed by atoms with Gasteiger partial charge in [0, 0.05) is 23.3 Å². The molecule has 0 unspecified atom stereocenters. The van der Waals surface area contributed by atoms with Gasteiger partial charge in [0.2, 0.25) is 0 Å². The molecule has 1 N–H and O–H groups in total. The standard InChI is InChI=1S/C15H17BrN2O/c1-11(2)18-10-13(16)8-14(18)15(19)17-9-12-6-4-3-5-7-12/h3-8,10-11H,9H2,1-2H3,(H,17,19). The fraction of sp³-hybridized carbons (Fsp3) is 0.267. The van der Waals surface area contributed by atoms with Crippen LogP contribution in [0.15, 0.2) is 47.1 Å². The quantitative estimate of drug-likeness (QED) is 0.914. The molecule has 2 rings (SSSR count). The number of nitrogens with one attached hydrogen (secondary N) is 1. The molecule has 100 valence electrons. The lowest BCUT2D eigenvalue weighted by atomic mass is 10.2. The highest BCUT2D eigenvalue weighted by Crippen LogP contribution is 2.19. The third kappa shape index (κ3) is 3.47. The van der Waals surface area contributed by atoms with Crippen molar-refractivity contribution in [3.05, 3.63) is 58.3 Å². The van der Waals surface area contributed by atoms with Crippen LogP contribution in [0.3, 0.4) is 0 Å². The van der Waals surface area contributed by atoms with Gasteiger partial charge in [0.25, 0.3) is 5.91 Å². The van der Waals surface area contributed by atoms with E-state index in [1.54, 1.807) is 0 Å². The van der Waals surface area contributed by atoms with E-state index in [0.717, 1.165) is 10.0 Å². The van der Waals surface area contributed by atoms with E-state index in [1.165, 1.54) is 0 Å². The highest BCUT2D eigenvalue weighted by Gasteiger charge is 2.14. The van der Waals surface area contributed by atoms with Crippen molar-refractivity contribution in [2.24, 2.45) is 0 Å². The van der Waals surface area contributed by atoms with Crippen LogP contribution in [-0.2, 0) is 6.54 Å². The lowest BCUT2D eigenvalue weighted by Gasteiger charge is -2.12. The predicted molar refractivity (Wildman–Crippen MR) is 80.1 cm³/mol. The van der Waals surface area contributed by atoms with E-state index in [0.29, 0.717) is 12.2 Å². The summed E-state index contributed by atoms with van der Waals surface area (Å²) in [6, 6.07) is 12.0. The van der Waals surface area contributed by atoms with Gasteiger partial charge in [-0.3, -0.25) is 4.79 Å². The molecule has 0 saturated heterocycles. The number of rotatable bonds is 4. The van der Waals surface area contributed by atoms with Crippen LogP contribution in [0.4, 0.5) is 0 Å². The molecule has 2 aromatic rings. The number of aromatic nitrogens is 1. The van der Waals surface area contributed by atoms with E-state index in [-0.39, 0.29) is 11.9 Å². The van der Waals surface area contributed by atoms with Crippen LogP contribution in [-0.4, -0.2) is 10.5 Å². The number of hydrogen-bond acceptors (Lipinski definition) is 1. The molecule has 1 aromatic carbocycles. The Morgan fingerprint density at radius 1 is 1.32 bits per heavy atom. The maximum Gasteiger partial charge on any atom is 0.268 e. The van der Waals surface area contributed by atoms with Gasteiger partial charge in [0.15, 0.2) is 0 Å². The Morgan fingerprint density at radius 2 is 2.00 bits per heavy atom. The van der Waals surface area contributed by atoms with E-state index < -0.39 is 0 Å². The molecule has 0 radical (unpaired) electrons. The first-order valence-electron chi connectivity index (χ1n) is 6.27. The number of hydrogen-bond donors (Lipinski definition) is 1. The van der Waals surface area contributed by atoms with Crippen molar-refractivity contribution >= 4 is 21.8 Å². The fourth-order valence-corrected chi connectivity index (χ4v) is 2.36. The van der Waals surface area contributed by atoms with Gasteiger partial charge in [0.1, 0.15) is 5.69 Å². The molecule has 1 heterocycles. The molecule has 0 atom stereocenters. The molecule has 19 heavy (non-hydrogen) atoms. The number of amides is 1. The maximum atomic E-state index is 12.2. The summed E-state index contributed by atoms with van der Waals surface area (Å²) in [6.45, 7) is 4.65. The second-order valence-corrected chi connectivity index (χ2v) is 5.63. The molecule has 1 amide bonds. The molecule has 0 fully saturated rings. The van der Waals surface area contributed by atoms with Gasteiger partial charge in [-0.1, -0.05) is 30.3 Å². The summed E-state index contributed by atoms with van der Waals surface area (Å²) < 4.78 is 2.88. The van der Waals surface area contributed by atoms with Crippen LogP contribution in [0.1, 0.15) is 35.9 Å². The molecule has 3 nitrogen and oxygen atoms in total. The Kier molecular flexibility index (Phi) is 4.43. The van der Waals surface area contributed by atoms with E-state index in [9.17, 15) is 4.79 Å². The maximum absolute atomic E-state index is 12.2. The summed E-state index contributed by atoms with van der Waals surface area (Å²) in [7, 11) is 0. The van der Waals surface area contributed by atoms with Gasteiger partial charge in [-0.2, -0.15) is 0 Å². The second kappa shape index (κ2) is 6.06. The monoisotopic (exact) mass is 320 g/mol. The van der Waals surface area contributed by atoms with Crippen molar-refractivity contribution in [1.82, 2.24) is 9.88 Å². The Labute approximate surface area is 121 Å². The molecule has 0 aliphatic heterocycles. The molecule has 1 aromatic heterocycles. The minimum atomic E-state index is -0.0525. The van der Waals surface area contributed by atoms with Crippen LogP contribution in [0.25, 0.3) is 0 Å². The zero-order valence-corrected chi connectivity index (χ0v) is 12.6. The topological polar surface area (TPSA) is 34.0 Å². The third-order valence-electron chi connectivity index (χ3n) is 2.90. The predicted octanol–water partition coefficient (Wildman–Crippen LogP) is 3.76. The van der Waals surface area contributed by atoms with Gasteiger partial charge < -0.3 is 9.88 Å². The molecular weight excluding hydrogens is 304 g/mol. The molecule has 0 spiro atoms. The van der Waals surface area contributed by atoms with Gasteiger partial charge in [-0.05, 0) is 41.4 Å². The Hall–Kier alpha value is -1.55. The molecular formula is C15H17BrN2O. The van der Waals surface area contributed by atoms with Gasteiger partial charge >= 0.3 is 0 Å². The summed E-state index contributed by atoms with van der Waals surface area (Å²) in [4.78, 5) is 12.2. The van der Waals surface area contributed by atoms with Crippen molar-refractivity contribution in [3.8, 4) is 0 Å². The van der Waals surface area contributed by atoms with Gasteiger partial charge in [0.05, 0.1) is 0 Å². The third-order valence-corrected chi connectivity index (χ3v) is 3.33. The minimum absolute atomic E-state index is 0.0525. The van der Waals surface area contributed by atoms with Crippen molar-refractivity contribution in [2.45, 2.75) is 26.4 Å². The fourth-order valence-electron chi connectivity index (χ4n) is 1.92. The minimum Gasteiger partial charge on any atom is -0.347 e. The lowest BCUT2D eigenvalue weighted by Crippen LogP contribution is -2.25. The van der Waals surface area contributed by atoms with E-state index >= 15 is 0 Å². The summed E-state index contributed by atoms with van der Waals surface area (Å²) in [5.41, 5.74) is 1.77. The Bertz CT molecular complexity index is 561. The van der Waals surface area contributed by atoms with Gasteiger partial charge in [-0.25, -0.2) is 0 Å². The Balaban J connectivity index is 2.08. The van der Waals surface area contributed by atoms with E-state index in [2.05, 4.69) is 35.1 Å². The summed E-state index contributed by atoms with van der Waals surface area (Å²) >= 11 is 3.41. The first kappa shape index (κ1) is 13.9. The normalized spacial score (nSPS) is 10.7. The first-order chi connectivity index (χ1) is 9.08.